The second kappa shape index (κ2) is 2.44. The van der Waals surface area contributed by atoms with Gasteiger partial charge in [0.15, 0.2) is 0 Å². The molecule has 0 radical (unpaired) electrons. The minimum absolute atomic E-state index is 0.381. The highest BCUT2D eigenvalue weighted by atomic mass is 16.5. The average Bonchev–Trinajstić information content (AvgIpc) is 2.01. The largest absolute Gasteiger partial charge is 0.381 e. The van der Waals surface area contributed by atoms with Crippen LogP contribution in [0.15, 0.2) is 5.29 Å². The van der Waals surface area contributed by atoms with Crippen molar-refractivity contribution in [2.24, 2.45) is 10.7 Å². The van der Waals surface area contributed by atoms with Crippen LogP contribution in [0.4, 0.5) is 0 Å². The summed E-state index contributed by atoms with van der Waals surface area (Å²) in [6, 6.07) is 0. The number of hydrogen-bond acceptors (Lipinski definition) is 3. The molecule has 62 valence electrons. The lowest BCUT2D eigenvalue weighted by atomic mass is 9.74. The van der Waals surface area contributed by atoms with Crippen molar-refractivity contribution in [1.82, 2.24) is 5.01 Å². The monoisotopic (exact) mass is 156 g/mol. The maximum atomic E-state index is 10.1. The van der Waals surface area contributed by atoms with Crippen LogP contribution in [0, 0.1) is 10.3 Å². The molecule has 4 nitrogen and oxygen atoms in total. The van der Waals surface area contributed by atoms with E-state index in [1.165, 1.54) is 0 Å². The third-order valence-electron chi connectivity index (χ3n) is 2.70. The Morgan fingerprint density at radius 1 is 1.27 bits per heavy atom. The Labute approximate surface area is 65.5 Å². The molecular weight excluding hydrogens is 144 g/mol. The van der Waals surface area contributed by atoms with Gasteiger partial charge >= 0.3 is 0 Å². The van der Waals surface area contributed by atoms with E-state index < -0.39 is 0 Å². The van der Waals surface area contributed by atoms with Crippen molar-refractivity contribution in [3.8, 4) is 0 Å². The zero-order valence-corrected chi connectivity index (χ0v) is 6.45. The molecule has 4 heteroatoms. The molecule has 0 aromatic heterocycles. The van der Waals surface area contributed by atoms with Crippen molar-refractivity contribution < 1.29 is 4.74 Å². The SMILES string of the molecule is O=NN1CC2(CCOCC2)C1. The van der Waals surface area contributed by atoms with E-state index in [0.717, 1.165) is 39.1 Å². The summed E-state index contributed by atoms with van der Waals surface area (Å²) in [6.45, 7) is 3.40. The van der Waals surface area contributed by atoms with E-state index in [0.29, 0.717) is 5.41 Å². The van der Waals surface area contributed by atoms with E-state index >= 15 is 0 Å². The van der Waals surface area contributed by atoms with Crippen LogP contribution >= 0.6 is 0 Å². The van der Waals surface area contributed by atoms with E-state index in [1.54, 1.807) is 5.01 Å². The lowest BCUT2D eigenvalue weighted by Crippen LogP contribution is -2.55. The lowest BCUT2D eigenvalue weighted by Gasteiger charge is -2.48. The summed E-state index contributed by atoms with van der Waals surface area (Å²) in [5.74, 6) is 0. The van der Waals surface area contributed by atoms with Gasteiger partial charge in [0.05, 0.1) is 5.29 Å². The molecule has 0 aromatic rings. The molecule has 2 fully saturated rings. The van der Waals surface area contributed by atoms with Crippen LogP contribution in [0.3, 0.4) is 0 Å². The summed E-state index contributed by atoms with van der Waals surface area (Å²) in [5.41, 5.74) is 0.381. The molecule has 2 rings (SSSR count). The van der Waals surface area contributed by atoms with Gasteiger partial charge in [-0.15, -0.1) is 4.91 Å². The fraction of sp³-hybridized carbons (Fsp3) is 1.00. The molecule has 0 N–H and O–H groups in total. The zero-order chi connectivity index (χ0) is 7.73. The summed E-state index contributed by atoms with van der Waals surface area (Å²) in [4.78, 5) is 10.1. The topological polar surface area (TPSA) is 41.9 Å². The third kappa shape index (κ3) is 1.11. The van der Waals surface area contributed by atoms with Crippen molar-refractivity contribution >= 4 is 0 Å². The van der Waals surface area contributed by atoms with Crippen LogP contribution in [0.5, 0.6) is 0 Å². The first kappa shape index (κ1) is 7.03. The van der Waals surface area contributed by atoms with Crippen LogP contribution in [0.25, 0.3) is 0 Å². The Bertz CT molecular complexity index is 158. The smallest absolute Gasteiger partial charge is 0.0524 e. The molecule has 2 aliphatic heterocycles. The fourth-order valence-corrected chi connectivity index (χ4v) is 1.91. The van der Waals surface area contributed by atoms with E-state index in [9.17, 15) is 4.91 Å². The second-order valence-corrected chi connectivity index (χ2v) is 3.52. The number of nitroso groups, excluding NO2 is 1. The Morgan fingerprint density at radius 2 is 1.91 bits per heavy atom. The average molecular weight is 156 g/mol. The molecule has 2 heterocycles. The first-order valence-electron chi connectivity index (χ1n) is 4.01. The number of hydrogen-bond donors (Lipinski definition) is 0. The summed E-state index contributed by atoms with van der Waals surface area (Å²) in [6.07, 6.45) is 2.19. The molecule has 0 unspecified atom stereocenters. The van der Waals surface area contributed by atoms with Crippen molar-refractivity contribution in [2.75, 3.05) is 26.3 Å². The molecule has 2 aliphatic rings. The lowest BCUT2D eigenvalue weighted by molar-refractivity contribution is -0.0805. The van der Waals surface area contributed by atoms with Gasteiger partial charge in [-0.2, -0.15) is 0 Å². The van der Waals surface area contributed by atoms with Gasteiger partial charge in [0.1, 0.15) is 0 Å². The predicted octanol–water partition coefficient (Wildman–Crippen LogP) is 0.780. The molecule has 0 aliphatic carbocycles. The molecule has 0 aromatic carbocycles. The minimum Gasteiger partial charge on any atom is -0.381 e. The van der Waals surface area contributed by atoms with Gasteiger partial charge in [0.25, 0.3) is 0 Å². The summed E-state index contributed by atoms with van der Waals surface area (Å²) in [5, 5.41) is 4.47. The van der Waals surface area contributed by atoms with Gasteiger partial charge in [0, 0.05) is 31.7 Å². The highest BCUT2D eigenvalue weighted by molar-refractivity contribution is 4.94. The Hall–Kier alpha value is -0.640. The van der Waals surface area contributed by atoms with Crippen LogP contribution in [0.2, 0.25) is 0 Å². The molecule has 0 amide bonds. The van der Waals surface area contributed by atoms with E-state index in [1.807, 2.05) is 0 Å². The van der Waals surface area contributed by atoms with Gasteiger partial charge in [-0.25, -0.2) is 0 Å². The Balaban J connectivity index is 1.88. The predicted molar refractivity (Wildman–Crippen MR) is 39.9 cm³/mol. The molecular formula is C7H12N2O2. The van der Waals surface area contributed by atoms with Crippen LogP contribution in [0.1, 0.15) is 12.8 Å². The fourth-order valence-electron chi connectivity index (χ4n) is 1.91. The van der Waals surface area contributed by atoms with Crippen molar-refractivity contribution in [1.29, 1.82) is 0 Å². The van der Waals surface area contributed by atoms with Gasteiger partial charge in [-0.05, 0) is 12.8 Å². The van der Waals surface area contributed by atoms with Crippen LogP contribution in [-0.2, 0) is 4.74 Å². The number of nitrogens with zero attached hydrogens (tertiary/aromatic N) is 2. The van der Waals surface area contributed by atoms with E-state index in [-0.39, 0.29) is 0 Å². The highest BCUT2D eigenvalue weighted by Crippen LogP contribution is 2.39. The van der Waals surface area contributed by atoms with Gasteiger partial charge in [-0.3, -0.25) is 5.01 Å². The molecule has 2 saturated heterocycles. The van der Waals surface area contributed by atoms with Crippen LogP contribution < -0.4 is 0 Å². The summed E-state index contributed by atoms with van der Waals surface area (Å²) < 4.78 is 5.24. The summed E-state index contributed by atoms with van der Waals surface area (Å²) in [7, 11) is 0. The summed E-state index contributed by atoms with van der Waals surface area (Å²) >= 11 is 0. The number of ether oxygens (including phenoxy) is 1. The molecule has 0 atom stereocenters. The normalized spacial score (nSPS) is 28.2. The first-order chi connectivity index (χ1) is 5.35. The van der Waals surface area contributed by atoms with Crippen LogP contribution in [-0.4, -0.2) is 31.3 Å². The molecule has 1 spiro atoms. The molecule has 0 bridgehead atoms. The second-order valence-electron chi connectivity index (χ2n) is 3.52. The van der Waals surface area contributed by atoms with Crippen molar-refractivity contribution in [3.63, 3.8) is 0 Å². The van der Waals surface area contributed by atoms with Crippen molar-refractivity contribution in [3.05, 3.63) is 4.91 Å². The Kier molecular flexibility index (Phi) is 1.56. The first-order valence-corrected chi connectivity index (χ1v) is 4.01. The standard InChI is InChI=1S/C7H12N2O2/c10-8-9-5-7(6-9)1-3-11-4-2-7/h1-6H2. The maximum Gasteiger partial charge on any atom is 0.0524 e. The molecule has 0 saturated carbocycles. The van der Waals surface area contributed by atoms with Gasteiger partial charge in [-0.1, -0.05) is 0 Å². The van der Waals surface area contributed by atoms with Gasteiger partial charge in [0.2, 0.25) is 0 Å². The quantitative estimate of drug-likeness (QED) is 0.527. The third-order valence-corrected chi connectivity index (χ3v) is 2.70. The van der Waals surface area contributed by atoms with E-state index in [2.05, 4.69) is 5.29 Å². The zero-order valence-electron chi connectivity index (χ0n) is 6.45. The minimum atomic E-state index is 0.381. The molecule has 11 heavy (non-hydrogen) atoms. The maximum absolute atomic E-state index is 10.1. The Morgan fingerprint density at radius 3 is 2.45 bits per heavy atom. The van der Waals surface area contributed by atoms with Crippen molar-refractivity contribution in [2.45, 2.75) is 12.8 Å². The highest BCUT2D eigenvalue weighted by Gasteiger charge is 2.44. The van der Waals surface area contributed by atoms with E-state index in [4.69, 9.17) is 4.74 Å². The van der Waals surface area contributed by atoms with Gasteiger partial charge < -0.3 is 4.74 Å². The number of rotatable bonds is 1.